The number of aryl methyl sites for hydroxylation is 1. The van der Waals surface area contributed by atoms with E-state index in [2.05, 4.69) is 57.4 Å². The zero-order chi connectivity index (χ0) is 13.9. The second-order valence-corrected chi connectivity index (χ2v) is 7.19. The number of hydrogen-bond donors (Lipinski definition) is 1. The van der Waals surface area contributed by atoms with E-state index < -0.39 is 0 Å². The molecule has 1 nitrogen and oxygen atoms in total. The van der Waals surface area contributed by atoms with Crippen LogP contribution in [0.3, 0.4) is 0 Å². The van der Waals surface area contributed by atoms with Crippen LogP contribution in [0.1, 0.15) is 63.5 Å². The van der Waals surface area contributed by atoms with Crippen LogP contribution in [0, 0.1) is 5.41 Å². The minimum absolute atomic E-state index is 0.434. The van der Waals surface area contributed by atoms with Gasteiger partial charge >= 0.3 is 0 Å². The van der Waals surface area contributed by atoms with Crippen LogP contribution in [0.2, 0.25) is 0 Å². The van der Waals surface area contributed by atoms with Crippen molar-refractivity contribution >= 4 is 0 Å². The molecule has 1 aromatic rings. The zero-order valence-electron chi connectivity index (χ0n) is 13.0. The van der Waals surface area contributed by atoms with E-state index in [-0.39, 0.29) is 0 Å². The second-order valence-electron chi connectivity index (χ2n) is 7.19. The molecule has 0 fully saturated rings. The molecule has 1 aliphatic carbocycles. The first-order chi connectivity index (χ1) is 9.01. The molecule has 19 heavy (non-hydrogen) atoms. The first kappa shape index (κ1) is 14.6. The molecule has 0 saturated heterocycles. The first-order valence-corrected chi connectivity index (χ1v) is 7.76. The molecule has 0 radical (unpaired) electrons. The predicted molar refractivity (Wildman–Crippen MR) is 83.7 cm³/mol. The van der Waals surface area contributed by atoms with E-state index >= 15 is 0 Å². The van der Waals surface area contributed by atoms with Crippen LogP contribution < -0.4 is 5.32 Å². The van der Waals surface area contributed by atoms with Gasteiger partial charge in [-0.15, -0.1) is 0 Å². The van der Waals surface area contributed by atoms with E-state index in [1.54, 1.807) is 11.1 Å². The standard InChI is InChI=1S/C18H29N/c1-18(2,3)13-12-17(19-4)16-11-7-9-14-8-5-6-10-15(14)16/h5-6,8,10,16-17,19H,7,9,11-13H2,1-4H3. The molecule has 0 saturated carbocycles. The van der Waals surface area contributed by atoms with Crippen LogP contribution in [-0.2, 0) is 6.42 Å². The summed E-state index contributed by atoms with van der Waals surface area (Å²) in [5, 5.41) is 3.59. The van der Waals surface area contributed by atoms with Gasteiger partial charge in [-0.05, 0) is 61.6 Å². The third kappa shape index (κ3) is 3.82. The van der Waals surface area contributed by atoms with Gasteiger partial charge in [-0.1, -0.05) is 45.0 Å². The molecule has 1 aromatic carbocycles. The topological polar surface area (TPSA) is 12.0 Å². The third-order valence-electron chi connectivity index (χ3n) is 4.48. The molecule has 0 heterocycles. The maximum Gasteiger partial charge on any atom is 0.0133 e. The highest BCUT2D eigenvalue weighted by atomic mass is 14.9. The van der Waals surface area contributed by atoms with Gasteiger partial charge in [0.05, 0.1) is 0 Å². The van der Waals surface area contributed by atoms with E-state index in [0.717, 1.165) is 0 Å². The van der Waals surface area contributed by atoms with Crippen molar-refractivity contribution in [2.45, 2.75) is 64.8 Å². The van der Waals surface area contributed by atoms with Crippen molar-refractivity contribution in [2.24, 2.45) is 5.41 Å². The largest absolute Gasteiger partial charge is 0.316 e. The molecule has 1 aliphatic rings. The monoisotopic (exact) mass is 259 g/mol. The normalized spacial score (nSPS) is 20.9. The van der Waals surface area contributed by atoms with Crippen molar-refractivity contribution in [1.29, 1.82) is 0 Å². The molecule has 0 spiro atoms. The Morgan fingerprint density at radius 3 is 2.68 bits per heavy atom. The van der Waals surface area contributed by atoms with E-state index in [4.69, 9.17) is 0 Å². The Morgan fingerprint density at radius 2 is 2.00 bits per heavy atom. The van der Waals surface area contributed by atoms with Crippen LogP contribution in [0.15, 0.2) is 24.3 Å². The number of benzene rings is 1. The van der Waals surface area contributed by atoms with Crippen molar-refractivity contribution in [3.8, 4) is 0 Å². The van der Waals surface area contributed by atoms with Crippen molar-refractivity contribution in [3.05, 3.63) is 35.4 Å². The molecule has 0 bridgehead atoms. The Labute approximate surface area is 118 Å². The summed E-state index contributed by atoms with van der Waals surface area (Å²) in [6.07, 6.45) is 6.51. The summed E-state index contributed by atoms with van der Waals surface area (Å²) in [4.78, 5) is 0. The highest BCUT2D eigenvalue weighted by Crippen LogP contribution is 2.36. The summed E-state index contributed by atoms with van der Waals surface area (Å²) in [6.45, 7) is 7.03. The average Bonchev–Trinajstić information content (AvgIpc) is 2.38. The summed E-state index contributed by atoms with van der Waals surface area (Å²) < 4.78 is 0. The highest BCUT2D eigenvalue weighted by Gasteiger charge is 2.27. The zero-order valence-corrected chi connectivity index (χ0v) is 13.0. The molecule has 1 heteroatoms. The van der Waals surface area contributed by atoms with E-state index in [1.165, 1.54) is 32.1 Å². The Hall–Kier alpha value is -0.820. The van der Waals surface area contributed by atoms with Crippen molar-refractivity contribution in [1.82, 2.24) is 5.32 Å². The number of rotatable bonds is 4. The maximum absolute atomic E-state index is 3.59. The minimum atomic E-state index is 0.434. The molecule has 2 rings (SSSR count). The number of hydrogen-bond acceptors (Lipinski definition) is 1. The lowest BCUT2D eigenvalue weighted by atomic mass is 9.76. The van der Waals surface area contributed by atoms with Gasteiger partial charge in [0.15, 0.2) is 0 Å². The molecular formula is C18H29N. The van der Waals surface area contributed by atoms with Crippen LogP contribution in [-0.4, -0.2) is 13.1 Å². The van der Waals surface area contributed by atoms with Gasteiger partial charge in [0, 0.05) is 6.04 Å². The number of fused-ring (bicyclic) bond motifs is 1. The average molecular weight is 259 g/mol. The molecule has 2 unspecified atom stereocenters. The van der Waals surface area contributed by atoms with Crippen LogP contribution in [0.4, 0.5) is 0 Å². The van der Waals surface area contributed by atoms with Gasteiger partial charge in [-0.2, -0.15) is 0 Å². The Balaban J connectivity index is 2.11. The fourth-order valence-corrected chi connectivity index (χ4v) is 3.34. The second kappa shape index (κ2) is 6.09. The van der Waals surface area contributed by atoms with Crippen molar-refractivity contribution in [2.75, 3.05) is 7.05 Å². The number of likely N-dealkylation sites (N-methyl/N-ethyl adjacent to an activating group) is 1. The molecule has 0 aliphatic heterocycles. The Morgan fingerprint density at radius 1 is 1.26 bits per heavy atom. The van der Waals surface area contributed by atoms with E-state index in [9.17, 15) is 0 Å². The molecule has 1 N–H and O–H groups in total. The lowest BCUT2D eigenvalue weighted by molar-refractivity contribution is 0.306. The van der Waals surface area contributed by atoms with Crippen LogP contribution >= 0.6 is 0 Å². The van der Waals surface area contributed by atoms with Crippen molar-refractivity contribution < 1.29 is 0 Å². The van der Waals surface area contributed by atoms with E-state index in [0.29, 0.717) is 17.4 Å². The fraction of sp³-hybridized carbons (Fsp3) is 0.667. The molecule has 0 amide bonds. The van der Waals surface area contributed by atoms with Crippen LogP contribution in [0.5, 0.6) is 0 Å². The van der Waals surface area contributed by atoms with Gasteiger partial charge in [0.1, 0.15) is 0 Å². The molecule has 0 aromatic heterocycles. The predicted octanol–water partition coefficient (Wildman–Crippen LogP) is 4.52. The SMILES string of the molecule is CNC(CCC(C)(C)C)C1CCCc2ccccc21. The van der Waals surface area contributed by atoms with Crippen molar-refractivity contribution in [3.63, 3.8) is 0 Å². The van der Waals surface area contributed by atoms with Gasteiger partial charge in [0.25, 0.3) is 0 Å². The van der Waals surface area contributed by atoms with Gasteiger partial charge < -0.3 is 5.32 Å². The van der Waals surface area contributed by atoms with Gasteiger partial charge in [-0.3, -0.25) is 0 Å². The lowest BCUT2D eigenvalue weighted by Gasteiger charge is -2.34. The Bertz CT molecular complexity index is 402. The quantitative estimate of drug-likeness (QED) is 0.838. The summed E-state index contributed by atoms with van der Waals surface area (Å²) in [5.74, 6) is 0.706. The van der Waals surface area contributed by atoms with Gasteiger partial charge in [0.2, 0.25) is 0 Å². The van der Waals surface area contributed by atoms with E-state index in [1.807, 2.05) is 0 Å². The third-order valence-corrected chi connectivity index (χ3v) is 4.48. The smallest absolute Gasteiger partial charge is 0.0133 e. The first-order valence-electron chi connectivity index (χ1n) is 7.76. The summed E-state index contributed by atoms with van der Waals surface area (Å²) in [7, 11) is 2.13. The molecule has 106 valence electrons. The number of nitrogens with one attached hydrogen (secondary N) is 1. The minimum Gasteiger partial charge on any atom is -0.316 e. The Kier molecular flexibility index (Phi) is 4.67. The van der Waals surface area contributed by atoms with Gasteiger partial charge in [-0.25, -0.2) is 0 Å². The summed E-state index contributed by atoms with van der Waals surface area (Å²) >= 11 is 0. The van der Waals surface area contributed by atoms with Crippen LogP contribution in [0.25, 0.3) is 0 Å². The summed E-state index contributed by atoms with van der Waals surface area (Å²) in [5.41, 5.74) is 3.61. The molecular weight excluding hydrogens is 230 g/mol. The molecule has 2 atom stereocenters. The maximum atomic E-state index is 3.59. The fourth-order valence-electron chi connectivity index (χ4n) is 3.34. The summed E-state index contributed by atoms with van der Waals surface area (Å²) in [6, 6.07) is 9.68. The highest BCUT2D eigenvalue weighted by molar-refractivity contribution is 5.33. The lowest BCUT2D eigenvalue weighted by Crippen LogP contribution is -2.35.